The topological polar surface area (TPSA) is 110 Å². The number of anilines is 1. The number of nitrogens with two attached hydrogens (primary N) is 2. The van der Waals surface area contributed by atoms with Crippen molar-refractivity contribution in [1.82, 2.24) is 0 Å². The largest absolute Gasteiger partial charge is 0.399 e. The van der Waals surface area contributed by atoms with Crippen molar-refractivity contribution in [2.45, 2.75) is 38.9 Å². The summed E-state index contributed by atoms with van der Waals surface area (Å²) in [5.41, 5.74) is 9.46. The maximum atomic E-state index is 10.5. The predicted molar refractivity (Wildman–Crippen MR) is 72.0 cm³/mol. The van der Waals surface area contributed by atoms with Crippen molar-refractivity contribution < 1.29 is 15.0 Å². The van der Waals surface area contributed by atoms with Crippen LogP contribution in [0, 0.1) is 0 Å². The number of hydrogen-bond donors (Lipinski definition) is 4. The molecule has 1 aromatic carbocycles. The SMILES string of the molecule is CC(C)(O)C(C)(C)O.NC(=O)c1ccc(N)cc1. The highest BCUT2D eigenvalue weighted by Crippen LogP contribution is 2.19. The van der Waals surface area contributed by atoms with Gasteiger partial charge in [-0.2, -0.15) is 0 Å². The van der Waals surface area contributed by atoms with Gasteiger partial charge in [-0.05, 0) is 52.0 Å². The molecule has 0 heterocycles. The molecule has 0 aromatic heterocycles. The molecule has 0 atom stereocenters. The average Bonchev–Trinajstić information content (AvgIpc) is 2.16. The van der Waals surface area contributed by atoms with Crippen LogP contribution in [0.25, 0.3) is 0 Å². The summed E-state index contributed by atoms with van der Waals surface area (Å²) < 4.78 is 0. The highest BCUT2D eigenvalue weighted by Gasteiger charge is 2.31. The van der Waals surface area contributed by atoms with Gasteiger partial charge in [0.25, 0.3) is 0 Å². The Bertz CT molecular complexity index is 374. The van der Waals surface area contributed by atoms with E-state index in [0.717, 1.165) is 0 Å². The summed E-state index contributed by atoms with van der Waals surface area (Å²) in [4.78, 5) is 10.5. The van der Waals surface area contributed by atoms with E-state index in [2.05, 4.69) is 0 Å². The Morgan fingerprint density at radius 3 is 1.56 bits per heavy atom. The summed E-state index contributed by atoms with van der Waals surface area (Å²) in [6, 6.07) is 6.47. The molecule has 0 saturated heterocycles. The van der Waals surface area contributed by atoms with Crippen molar-refractivity contribution in [3.8, 4) is 0 Å². The number of primary amides is 1. The lowest BCUT2D eigenvalue weighted by Crippen LogP contribution is -2.44. The number of amides is 1. The molecule has 18 heavy (non-hydrogen) atoms. The van der Waals surface area contributed by atoms with Gasteiger partial charge in [0, 0.05) is 11.3 Å². The van der Waals surface area contributed by atoms with Gasteiger partial charge < -0.3 is 21.7 Å². The van der Waals surface area contributed by atoms with Crippen LogP contribution in [0.5, 0.6) is 0 Å². The molecule has 0 aliphatic heterocycles. The molecule has 0 radical (unpaired) electrons. The molecule has 1 amide bonds. The van der Waals surface area contributed by atoms with E-state index in [-0.39, 0.29) is 0 Å². The molecule has 0 aliphatic carbocycles. The second kappa shape index (κ2) is 5.84. The Hall–Kier alpha value is -1.59. The fourth-order valence-corrected chi connectivity index (χ4v) is 0.647. The van der Waals surface area contributed by atoms with Crippen molar-refractivity contribution in [3.63, 3.8) is 0 Å². The first kappa shape index (κ1) is 16.4. The van der Waals surface area contributed by atoms with Crippen molar-refractivity contribution in [3.05, 3.63) is 29.8 Å². The third-order valence-corrected chi connectivity index (χ3v) is 2.69. The number of nitrogen functional groups attached to an aromatic ring is 1. The summed E-state index contributed by atoms with van der Waals surface area (Å²) in [7, 11) is 0. The molecule has 0 spiro atoms. The molecule has 6 N–H and O–H groups in total. The van der Waals surface area contributed by atoms with Gasteiger partial charge >= 0.3 is 0 Å². The molecule has 102 valence electrons. The molecule has 0 aliphatic rings. The van der Waals surface area contributed by atoms with Crippen molar-refractivity contribution in [1.29, 1.82) is 0 Å². The molecular formula is C13H22N2O3. The van der Waals surface area contributed by atoms with Gasteiger partial charge in [0.1, 0.15) is 0 Å². The van der Waals surface area contributed by atoms with Crippen LogP contribution in [0.15, 0.2) is 24.3 Å². The molecular weight excluding hydrogens is 232 g/mol. The highest BCUT2D eigenvalue weighted by atomic mass is 16.3. The van der Waals surface area contributed by atoms with Crippen LogP contribution < -0.4 is 11.5 Å². The molecule has 0 saturated carbocycles. The van der Waals surface area contributed by atoms with E-state index in [0.29, 0.717) is 11.3 Å². The normalized spacial score (nSPS) is 11.4. The average molecular weight is 254 g/mol. The van der Waals surface area contributed by atoms with E-state index in [4.69, 9.17) is 21.7 Å². The molecule has 5 heteroatoms. The summed E-state index contributed by atoms with van der Waals surface area (Å²) >= 11 is 0. The highest BCUT2D eigenvalue weighted by molar-refractivity contribution is 5.92. The lowest BCUT2D eigenvalue weighted by Gasteiger charge is -2.31. The van der Waals surface area contributed by atoms with Crippen LogP contribution >= 0.6 is 0 Å². The van der Waals surface area contributed by atoms with Crippen LogP contribution in [0.3, 0.4) is 0 Å². The maximum Gasteiger partial charge on any atom is 0.248 e. The first-order valence-electron chi connectivity index (χ1n) is 5.55. The van der Waals surface area contributed by atoms with Gasteiger partial charge in [-0.15, -0.1) is 0 Å². The van der Waals surface area contributed by atoms with E-state index >= 15 is 0 Å². The number of carbonyl (C=O) groups excluding carboxylic acids is 1. The predicted octanol–water partition coefficient (Wildman–Crippen LogP) is 0.896. The molecule has 0 bridgehead atoms. The molecule has 1 rings (SSSR count). The van der Waals surface area contributed by atoms with Crippen molar-refractivity contribution in [2.24, 2.45) is 5.73 Å². The Balaban J connectivity index is 0.000000331. The number of rotatable bonds is 2. The third kappa shape index (κ3) is 5.65. The van der Waals surface area contributed by atoms with Crippen LogP contribution in [-0.2, 0) is 0 Å². The first-order chi connectivity index (χ1) is 7.95. The van der Waals surface area contributed by atoms with Crippen LogP contribution in [0.4, 0.5) is 5.69 Å². The van der Waals surface area contributed by atoms with Crippen molar-refractivity contribution >= 4 is 11.6 Å². The number of carbonyl (C=O) groups is 1. The number of hydrogen-bond acceptors (Lipinski definition) is 4. The van der Waals surface area contributed by atoms with E-state index in [1.54, 1.807) is 52.0 Å². The molecule has 1 aromatic rings. The second-order valence-corrected chi connectivity index (χ2v) is 5.10. The standard InChI is InChI=1S/C7H8N2O.C6H14O2/c8-6-3-1-5(2-4-6)7(9)10;1-5(2,7)6(3,4)8/h1-4H,8H2,(H2,9,10);7-8H,1-4H3. The van der Waals surface area contributed by atoms with Crippen LogP contribution in [-0.4, -0.2) is 27.3 Å². The van der Waals surface area contributed by atoms with Gasteiger partial charge in [0.15, 0.2) is 0 Å². The number of aliphatic hydroxyl groups is 2. The summed E-state index contributed by atoms with van der Waals surface area (Å²) in [6.45, 7) is 6.31. The van der Waals surface area contributed by atoms with Crippen molar-refractivity contribution in [2.75, 3.05) is 5.73 Å². The summed E-state index contributed by atoms with van der Waals surface area (Å²) in [5.74, 6) is -0.431. The van der Waals surface area contributed by atoms with E-state index < -0.39 is 17.1 Å². The molecule has 0 fully saturated rings. The lowest BCUT2D eigenvalue weighted by molar-refractivity contribution is -0.107. The Morgan fingerprint density at radius 2 is 1.33 bits per heavy atom. The van der Waals surface area contributed by atoms with Gasteiger partial charge in [0.05, 0.1) is 11.2 Å². The minimum atomic E-state index is -1.01. The summed E-state index contributed by atoms with van der Waals surface area (Å²) in [6.07, 6.45) is 0. The van der Waals surface area contributed by atoms with Gasteiger partial charge in [-0.1, -0.05) is 0 Å². The Morgan fingerprint density at radius 1 is 1.00 bits per heavy atom. The zero-order chi connectivity index (χ0) is 14.6. The minimum absolute atomic E-state index is 0.431. The van der Waals surface area contributed by atoms with Crippen LogP contribution in [0.1, 0.15) is 38.1 Å². The fourth-order valence-electron chi connectivity index (χ4n) is 0.647. The Labute approximate surface area is 107 Å². The second-order valence-electron chi connectivity index (χ2n) is 5.10. The van der Waals surface area contributed by atoms with E-state index in [1.165, 1.54) is 0 Å². The van der Waals surface area contributed by atoms with Crippen LogP contribution in [0.2, 0.25) is 0 Å². The van der Waals surface area contributed by atoms with Gasteiger partial charge in [-0.3, -0.25) is 4.79 Å². The number of benzene rings is 1. The smallest absolute Gasteiger partial charge is 0.248 e. The first-order valence-corrected chi connectivity index (χ1v) is 5.55. The quantitative estimate of drug-likeness (QED) is 0.588. The maximum absolute atomic E-state index is 10.5. The van der Waals surface area contributed by atoms with Gasteiger partial charge in [-0.25, -0.2) is 0 Å². The Kier molecular flexibility index (Phi) is 5.32. The molecule has 0 unspecified atom stereocenters. The zero-order valence-corrected chi connectivity index (χ0v) is 11.3. The molecule has 5 nitrogen and oxygen atoms in total. The minimum Gasteiger partial charge on any atom is -0.399 e. The zero-order valence-electron chi connectivity index (χ0n) is 11.3. The summed E-state index contributed by atoms with van der Waals surface area (Å²) in [5, 5.41) is 18.2. The lowest BCUT2D eigenvalue weighted by atomic mass is 9.90. The van der Waals surface area contributed by atoms with Gasteiger partial charge in [0.2, 0.25) is 5.91 Å². The third-order valence-electron chi connectivity index (χ3n) is 2.69. The van der Waals surface area contributed by atoms with E-state index in [1.807, 2.05) is 0 Å². The van der Waals surface area contributed by atoms with E-state index in [9.17, 15) is 4.79 Å². The fraction of sp³-hybridized carbons (Fsp3) is 0.462. The monoisotopic (exact) mass is 254 g/mol.